The fourth-order valence-corrected chi connectivity index (χ4v) is 3.54. The number of benzene rings is 3. The monoisotopic (exact) mass is 454 g/mol. The van der Waals surface area contributed by atoms with E-state index in [9.17, 15) is 4.79 Å². The molecule has 4 rings (SSSR count). The van der Waals surface area contributed by atoms with Gasteiger partial charge in [0.15, 0.2) is 5.69 Å². The summed E-state index contributed by atoms with van der Waals surface area (Å²) in [4.78, 5) is 12.9. The molecule has 0 unspecified atom stereocenters. The third-order valence-corrected chi connectivity index (χ3v) is 5.34. The van der Waals surface area contributed by atoms with Crippen LogP contribution in [0.2, 0.25) is 0 Å². The van der Waals surface area contributed by atoms with E-state index in [1.165, 1.54) is 6.21 Å². The van der Waals surface area contributed by atoms with Crippen molar-refractivity contribution in [3.05, 3.63) is 95.2 Å². The highest BCUT2D eigenvalue weighted by atomic mass is 16.5. The number of aryl methyl sites for hydroxylation is 2. The van der Waals surface area contributed by atoms with Crippen LogP contribution in [-0.2, 0) is 0 Å². The summed E-state index contributed by atoms with van der Waals surface area (Å²) < 4.78 is 12.4. The maximum absolute atomic E-state index is 12.9. The van der Waals surface area contributed by atoms with Gasteiger partial charge in [0.25, 0.3) is 5.91 Å². The quantitative estimate of drug-likeness (QED) is 0.317. The van der Waals surface area contributed by atoms with Gasteiger partial charge < -0.3 is 9.47 Å². The van der Waals surface area contributed by atoms with Gasteiger partial charge in [0.2, 0.25) is 0 Å². The van der Waals surface area contributed by atoms with Crippen molar-refractivity contribution in [3.8, 4) is 28.4 Å². The number of rotatable bonds is 7. The van der Waals surface area contributed by atoms with Crippen molar-refractivity contribution in [2.75, 3.05) is 14.2 Å². The number of hydrogen-bond acceptors (Lipinski definition) is 5. The molecule has 0 saturated heterocycles. The first kappa shape index (κ1) is 22.8. The van der Waals surface area contributed by atoms with Gasteiger partial charge in [-0.05, 0) is 55.8 Å². The summed E-state index contributed by atoms with van der Waals surface area (Å²) >= 11 is 0. The van der Waals surface area contributed by atoms with Gasteiger partial charge in [-0.25, -0.2) is 10.1 Å². The lowest BCUT2D eigenvalue weighted by molar-refractivity contribution is 0.0949. The van der Waals surface area contributed by atoms with Crippen LogP contribution in [0.1, 0.15) is 27.2 Å². The molecule has 3 aromatic carbocycles. The minimum absolute atomic E-state index is 0.256. The Kier molecular flexibility index (Phi) is 6.73. The highest BCUT2D eigenvalue weighted by molar-refractivity contribution is 5.94. The predicted octanol–water partition coefficient (Wildman–Crippen LogP) is 4.94. The molecular formula is C27H26N4O3. The van der Waals surface area contributed by atoms with E-state index < -0.39 is 5.91 Å². The maximum Gasteiger partial charge on any atom is 0.291 e. The van der Waals surface area contributed by atoms with Crippen LogP contribution in [0.5, 0.6) is 11.5 Å². The first-order valence-electron chi connectivity index (χ1n) is 10.8. The SMILES string of the molecule is COc1ccc(OC)c(/C=N\NC(=O)c2cc(-c3ccc(C)cc3)n(-c3cccc(C)c3)n2)c1. The number of nitrogens with one attached hydrogen (secondary N) is 1. The van der Waals surface area contributed by atoms with E-state index in [0.717, 1.165) is 28.1 Å². The molecule has 7 nitrogen and oxygen atoms in total. The Morgan fingerprint density at radius 1 is 0.941 bits per heavy atom. The number of methoxy groups -OCH3 is 2. The molecule has 0 spiro atoms. The smallest absolute Gasteiger partial charge is 0.291 e. The van der Waals surface area contributed by atoms with Crippen molar-refractivity contribution >= 4 is 12.1 Å². The number of ether oxygens (including phenoxy) is 2. The maximum atomic E-state index is 12.9. The largest absolute Gasteiger partial charge is 0.497 e. The van der Waals surface area contributed by atoms with Crippen molar-refractivity contribution in [1.29, 1.82) is 0 Å². The van der Waals surface area contributed by atoms with Crippen molar-refractivity contribution < 1.29 is 14.3 Å². The molecule has 7 heteroatoms. The fourth-order valence-electron chi connectivity index (χ4n) is 3.54. The molecule has 34 heavy (non-hydrogen) atoms. The summed E-state index contributed by atoms with van der Waals surface area (Å²) in [5, 5.41) is 8.70. The molecule has 0 aliphatic heterocycles. The van der Waals surface area contributed by atoms with Crippen LogP contribution in [0, 0.1) is 13.8 Å². The molecule has 4 aromatic rings. The van der Waals surface area contributed by atoms with Crippen molar-refractivity contribution in [3.63, 3.8) is 0 Å². The third kappa shape index (κ3) is 4.99. The van der Waals surface area contributed by atoms with E-state index in [2.05, 4.69) is 15.6 Å². The second-order valence-corrected chi connectivity index (χ2v) is 7.84. The zero-order valence-electron chi connectivity index (χ0n) is 19.6. The molecule has 1 N–H and O–H groups in total. The zero-order valence-corrected chi connectivity index (χ0v) is 19.6. The predicted molar refractivity (Wildman–Crippen MR) is 133 cm³/mol. The van der Waals surface area contributed by atoms with Gasteiger partial charge in [-0.3, -0.25) is 4.79 Å². The number of nitrogens with zero attached hydrogens (tertiary/aromatic N) is 3. The Bertz CT molecular complexity index is 1340. The van der Waals surface area contributed by atoms with Gasteiger partial charge in [-0.1, -0.05) is 42.0 Å². The first-order chi connectivity index (χ1) is 16.5. The second kappa shape index (κ2) is 10.0. The molecule has 0 bridgehead atoms. The molecular weight excluding hydrogens is 428 g/mol. The Morgan fingerprint density at radius 3 is 2.44 bits per heavy atom. The Labute approximate surface area is 198 Å². The number of hydrazone groups is 1. The van der Waals surface area contributed by atoms with Gasteiger partial charge in [0.1, 0.15) is 11.5 Å². The normalized spacial score (nSPS) is 10.9. The summed E-state index contributed by atoms with van der Waals surface area (Å²) in [6.45, 7) is 4.06. The number of carbonyl (C=O) groups excluding carboxylic acids is 1. The summed E-state index contributed by atoms with van der Waals surface area (Å²) in [7, 11) is 3.16. The summed E-state index contributed by atoms with van der Waals surface area (Å²) in [6.07, 6.45) is 1.51. The van der Waals surface area contributed by atoms with Crippen LogP contribution in [0.15, 0.2) is 77.9 Å². The number of carbonyl (C=O) groups is 1. The molecule has 1 heterocycles. The standard InChI is InChI=1S/C27H26N4O3/c1-18-8-10-20(11-9-18)25-16-24(30-31(25)22-7-5-6-19(2)14-22)27(32)29-28-17-21-15-23(33-3)12-13-26(21)34-4/h5-17H,1-4H3,(H,29,32)/b28-17-. The second-order valence-electron chi connectivity index (χ2n) is 7.84. The van der Waals surface area contributed by atoms with Crippen molar-refractivity contribution in [1.82, 2.24) is 15.2 Å². The summed E-state index contributed by atoms with van der Waals surface area (Å²) in [5.41, 5.74) is 8.40. The zero-order chi connectivity index (χ0) is 24.1. The Hall–Kier alpha value is -4.39. The summed E-state index contributed by atoms with van der Waals surface area (Å²) in [6, 6.07) is 23.2. The van der Waals surface area contributed by atoms with E-state index in [1.54, 1.807) is 43.2 Å². The van der Waals surface area contributed by atoms with Crippen LogP contribution >= 0.6 is 0 Å². The van der Waals surface area contributed by atoms with E-state index >= 15 is 0 Å². The van der Waals surface area contributed by atoms with Crippen LogP contribution in [0.4, 0.5) is 0 Å². The van der Waals surface area contributed by atoms with E-state index in [4.69, 9.17) is 9.47 Å². The molecule has 0 aliphatic rings. The van der Waals surface area contributed by atoms with Crippen LogP contribution in [0.25, 0.3) is 16.9 Å². The van der Waals surface area contributed by atoms with Gasteiger partial charge in [0.05, 0.1) is 31.8 Å². The molecule has 0 fully saturated rings. The van der Waals surface area contributed by atoms with Crippen molar-refractivity contribution in [2.24, 2.45) is 5.10 Å². The topological polar surface area (TPSA) is 77.7 Å². The number of aromatic nitrogens is 2. The molecule has 0 saturated carbocycles. The van der Waals surface area contributed by atoms with Gasteiger partial charge in [0, 0.05) is 11.1 Å². The average molecular weight is 455 g/mol. The third-order valence-electron chi connectivity index (χ3n) is 5.34. The highest BCUT2D eigenvalue weighted by Crippen LogP contribution is 2.25. The number of hydrogen-bond donors (Lipinski definition) is 1. The molecule has 0 atom stereocenters. The lowest BCUT2D eigenvalue weighted by Gasteiger charge is -2.08. The molecule has 1 amide bonds. The van der Waals surface area contributed by atoms with Crippen LogP contribution < -0.4 is 14.9 Å². The van der Waals surface area contributed by atoms with E-state index in [-0.39, 0.29) is 5.69 Å². The van der Waals surface area contributed by atoms with Gasteiger partial charge in [-0.15, -0.1) is 0 Å². The van der Waals surface area contributed by atoms with Gasteiger partial charge >= 0.3 is 0 Å². The minimum atomic E-state index is -0.419. The lowest BCUT2D eigenvalue weighted by Crippen LogP contribution is -2.18. The molecule has 0 aliphatic carbocycles. The lowest BCUT2D eigenvalue weighted by atomic mass is 10.1. The minimum Gasteiger partial charge on any atom is -0.497 e. The van der Waals surface area contributed by atoms with E-state index in [0.29, 0.717) is 17.1 Å². The number of amides is 1. The average Bonchev–Trinajstić information content (AvgIpc) is 3.30. The molecule has 0 radical (unpaired) electrons. The Morgan fingerprint density at radius 2 is 1.74 bits per heavy atom. The Balaban J connectivity index is 1.64. The molecule has 172 valence electrons. The first-order valence-corrected chi connectivity index (χ1v) is 10.8. The highest BCUT2D eigenvalue weighted by Gasteiger charge is 2.17. The van der Waals surface area contributed by atoms with Gasteiger partial charge in [-0.2, -0.15) is 10.2 Å². The fraction of sp³-hybridized carbons (Fsp3) is 0.148. The van der Waals surface area contributed by atoms with E-state index in [1.807, 2.05) is 62.4 Å². The molecule has 1 aromatic heterocycles. The van der Waals surface area contributed by atoms with Crippen molar-refractivity contribution in [2.45, 2.75) is 13.8 Å². The summed E-state index contributed by atoms with van der Waals surface area (Å²) in [5.74, 6) is 0.857. The van der Waals surface area contributed by atoms with Crippen LogP contribution in [-0.4, -0.2) is 36.1 Å². The van der Waals surface area contributed by atoms with Crippen LogP contribution in [0.3, 0.4) is 0 Å².